The summed E-state index contributed by atoms with van der Waals surface area (Å²) in [6.45, 7) is 4.54. The van der Waals surface area contributed by atoms with Gasteiger partial charge in [0.25, 0.3) is 0 Å². The molecule has 1 atom stereocenters. The van der Waals surface area contributed by atoms with E-state index < -0.39 is 0 Å². The number of rotatable bonds is 3. The summed E-state index contributed by atoms with van der Waals surface area (Å²) in [6, 6.07) is 0. The van der Waals surface area contributed by atoms with E-state index in [1.54, 1.807) is 11.9 Å². The van der Waals surface area contributed by atoms with Crippen molar-refractivity contribution in [3.63, 3.8) is 0 Å². The number of carbonyl (C=O) groups excluding carboxylic acids is 2. The molecule has 6 nitrogen and oxygen atoms in total. The normalized spacial score (nSPS) is 22.9. The van der Waals surface area contributed by atoms with Gasteiger partial charge in [-0.3, -0.25) is 9.59 Å². The van der Waals surface area contributed by atoms with Crippen LogP contribution in [0.25, 0.3) is 0 Å². The molecule has 0 aromatic heterocycles. The summed E-state index contributed by atoms with van der Waals surface area (Å²) >= 11 is 0. The van der Waals surface area contributed by atoms with E-state index in [9.17, 15) is 9.59 Å². The lowest BCUT2D eigenvalue weighted by molar-refractivity contribution is -0.144. The number of piperazine rings is 1. The third-order valence-corrected chi connectivity index (χ3v) is 3.73. The Balaban J connectivity index is 0.00000200. The molecule has 20 heavy (non-hydrogen) atoms. The standard InChI is InChI=1S/C13H23N3O3.ClH/c1-15(13(18)11-3-2-8-19-10-11)9-12(17)16-6-4-14-5-7-16;/h11,14H,2-10H2,1H3;1H. The van der Waals surface area contributed by atoms with Crippen LogP contribution in [-0.4, -0.2) is 74.6 Å². The van der Waals surface area contributed by atoms with Crippen LogP contribution in [0, 0.1) is 5.92 Å². The minimum Gasteiger partial charge on any atom is -0.381 e. The van der Waals surface area contributed by atoms with E-state index in [0.29, 0.717) is 6.61 Å². The molecule has 2 amide bonds. The van der Waals surface area contributed by atoms with Crippen molar-refractivity contribution < 1.29 is 14.3 Å². The lowest BCUT2D eigenvalue weighted by Crippen LogP contribution is -2.50. The second-order valence-corrected chi connectivity index (χ2v) is 5.24. The molecule has 2 aliphatic heterocycles. The van der Waals surface area contributed by atoms with E-state index in [-0.39, 0.29) is 36.7 Å². The first-order valence-electron chi connectivity index (χ1n) is 6.99. The van der Waals surface area contributed by atoms with Crippen molar-refractivity contribution in [3.8, 4) is 0 Å². The van der Waals surface area contributed by atoms with E-state index in [0.717, 1.165) is 45.6 Å². The van der Waals surface area contributed by atoms with Gasteiger partial charge in [-0.25, -0.2) is 0 Å². The fourth-order valence-electron chi connectivity index (χ4n) is 2.54. The van der Waals surface area contributed by atoms with Gasteiger partial charge in [0.2, 0.25) is 11.8 Å². The van der Waals surface area contributed by atoms with Gasteiger partial charge in [0.1, 0.15) is 0 Å². The summed E-state index contributed by atoms with van der Waals surface area (Å²) in [7, 11) is 1.71. The van der Waals surface area contributed by atoms with Gasteiger partial charge < -0.3 is 19.9 Å². The van der Waals surface area contributed by atoms with E-state index in [2.05, 4.69) is 5.32 Å². The first-order valence-corrected chi connectivity index (χ1v) is 6.99. The van der Waals surface area contributed by atoms with Gasteiger partial charge in [-0.15, -0.1) is 12.4 Å². The summed E-state index contributed by atoms with van der Waals surface area (Å²) in [5, 5.41) is 3.21. The van der Waals surface area contributed by atoms with Crippen molar-refractivity contribution in [2.24, 2.45) is 5.92 Å². The van der Waals surface area contributed by atoms with Crippen LogP contribution >= 0.6 is 12.4 Å². The van der Waals surface area contributed by atoms with Gasteiger partial charge in [-0.05, 0) is 12.8 Å². The predicted octanol–water partition coefficient (Wildman–Crippen LogP) is -0.275. The van der Waals surface area contributed by atoms with Crippen LogP contribution in [0.4, 0.5) is 0 Å². The topological polar surface area (TPSA) is 61.9 Å². The molecule has 1 N–H and O–H groups in total. The van der Waals surface area contributed by atoms with Crippen molar-refractivity contribution in [2.75, 3.05) is 53.0 Å². The molecule has 0 aromatic carbocycles. The number of hydrogen-bond acceptors (Lipinski definition) is 4. The number of carbonyl (C=O) groups is 2. The molecule has 1 unspecified atom stereocenters. The van der Waals surface area contributed by atoms with Gasteiger partial charge in [-0.2, -0.15) is 0 Å². The minimum atomic E-state index is -0.0745. The quantitative estimate of drug-likeness (QED) is 0.779. The Morgan fingerprint density at radius 1 is 1.35 bits per heavy atom. The van der Waals surface area contributed by atoms with E-state index in [1.165, 1.54) is 0 Å². The first kappa shape index (κ1) is 17.2. The third kappa shape index (κ3) is 4.61. The fraction of sp³-hybridized carbons (Fsp3) is 0.846. The molecule has 7 heteroatoms. The highest BCUT2D eigenvalue weighted by Crippen LogP contribution is 2.15. The number of halogens is 1. The molecule has 2 rings (SSSR count). The molecule has 2 heterocycles. The van der Waals surface area contributed by atoms with Crippen LogP contribution in [0.1, 0.15) is 12.8 Å². The van der Waals surface area contributed by atoms with Gasteiger partial charge in [0, 0.05) is 39.8 Å². The van der Waals surface area contributed by atoms with Crippen molar-refractivity contribution in [2.45, 2.75) is 12.8 Å². The molecule has 2 fully saturated rings. The summed E-state index contributed by atoms with van der Waals surface area (Å²) in [4.78, 5) is 27.6. The SMILES string of the molecule is CN(CC(=O)N1CCNCC1)C(=O)C1CCCOC1.Cl. The average Bonchev–Trinajstić information content (AvgIpc) is 2.48. The summed E-state index contributed by atoms with van der Waals surface area (Å²) in [5.41, 5.74) is 0. The first-order chi connectivity index (χ1) is 9.18. The molecule has 2 aliphatic rings. The molecule has 2 saturated heterocycles. The molecular formula is C13H24ClN3O3. The largest absolute Gasteiger partial charge is 0.381 e. The number of nitrogens with zero attached hydrogens (tertiary/aromatic N) is 2. The monoisotopic (exact) mass is 305 g/mol. The zero-order chi connectivity index (χ0) is 13.7. The molecule has 116 valence electrons. The fourth-order valence-corrected chi connectivity index (χ4v) is 2.54. The highest BCUT2D eigenvalue weighted by molar-refractivity contribution is 5.86. The Kier molecular flexibility index (Phi) is 7.26. The van der Waals surface area contributed by atoms with E-state index in [1.807, 2.05) is 4.90 Å². The van der Waals surface area contributed by atoms with Crippen LogP contribution < -0.4 is 5.32 Å². The average molecular weight is 306 g/mol. The van der Waals surface area contributed by atoms with Crippen LogP contribution in [0.2, 0.25) is 0 Å². The number of amides is 2. The molecule has 0 bridgehead atoms. The Bertz CT molecular complexity index is 329. The zero-order valence-electron chi connectivity index (χ0n) is 12.0. The van der Waals surface area contributed by atoms with Crippen LogP contribution in [-0.2, 0) is 14.3 Å². The van der Waals surface area contributed by atoms with Crippen molar-refractivity contribution in [1.82, 2.24) is 15.1 Å². The minimum absolute atomic E-state index is 0. The van der Waals surface area contributed by atoms with Crippen molar-refractivity contribution in [3.05, 3.63) is 0 Å². The van der Waals surface area contributed by atoms with Gasteiger partial charge in [0.15, 0.2) is 0 Å². The van der Waals surface area contributed by atoms with E-state index >= 15 is 0 Å². The van der Waals surface area contributed by atoms with Gasteiger partial charge in [0.05, 0.1) is 19.1 Å². The smallest absolute Gasteiger partial charge is 0.242 e. The van der Waals surface area contributed by atoms with Crippen molar-refractivity contribution in [1.29, 1.82) is 0 Å². The summed E-state index contributed by atoms with van der Waals surface area (Å²) in [6.07, 6.45) is 1.79. The Morgan fingerprint density at radius 2 is 2.05 bits per heavy atom. The predicted molar refractivity (Wildman–Crippen MR) is 77.9 cm³/mol. The summed E-state index contributed by atoms with van der Waals surface area (Å²) in [5.74, 6) is -0.00756. The van der Waals surface area contributed by atoms with E-state index in [4.69, 9.17) is 4.74 Å². The zero-order valence-corrected chi connectivity index (χ0v) is 12.8. The number of likely N-dealkylation sites (N-methyl/N-ethyl adjacent to an activating group) is 1. The maximum absolute atomic E-state index is 12.2. The second kappa shape index (κ2) is 8.44. The Morgan fingerprint density at radius 3 is 2.65 bits per heavy atom. The lowest BCUT2D eigenvalue weighted by Gasteiger charge is -2.31. The summed E-state index contributed by atoms with van der Waals surface area (Å²) < 4.78 is 5.32. The molecule has 0 aromatic rings. The maximum atomic E-state index is 12.2. The number of ether oxygens (including phenoxy) is 1. The third-order valence-electron chi connectivity index (χ3n) is 3.73. The number of nitrogens with one attached hydrogen (secondary N) is 1. The Hall–Kier alpha value is -0.850. The molecular weight excluding hydrogens is 282 g/mol. The van der Waals surface area contributed by atoms with Crippen LogP contribution in [0.3, 0.4) is 0 Å². The van der Waals surface area contributed by atoms with Gasteiger partial charge >= 0.3 is 0 Å². The molecule has 0 aliphatic carbocycles. The van der Waals surface area contributed by atoms with Crippen molar-refractivity contribution >= 4 is 24.2 Å². The van der Waals surface area contributed by atoms with Gasteiger partial charge in [-0.1, -0.05) is 0 Å². The lowest BCUT2D eigenvalue weighted by atomic mass is 10.0. The second-order valence-electron chi connectivity index (χ2n) is 5.24. The van der Waals surface area contributed by atoms with Crippen LogP contribution in [0.5, 0.6) is 0 Å². The van der Waals surface area contributed by atoms with Crippen LogP contribution in [0.15, 0.2) is 0 Å². The highest BCUT2D eigenvalue weighted by atomic mass is 35.5. The molecule has 0 saturated carbocycles. The highest BCUT2D eigenvalue weighted by Gasteiger charge is 2.27. The molecule has 0 radical (unpaired) electrons. The maximum Gasteiger partial charge on any atom is 0.242 e. The number of hydrogen-bond donors (Lipinski definition) is 1. The Labute approximate surface area is 126 Å². The molecule has 0 spiro atoms.